The van der Waals surface area contributed by atoms with Crippen molar-refractivity contribution >= 4 is 16.1 Å². The third-order valence-electron chi connectivity index (χ3n) is 2.00. The number of carbonyl (C=O) groups is 1. The summed E-state index contributed by atoms with van der Waals surface area (Å²) in [6, 6.07) is 0. The molecule has 14 heavy (non-hydrogen) atoms. The molecule has 0 spiro atoms. The molecule has 8 heteroatoms. The zero-order valence-corrected chi connectivity index (χ0v) is 7.85. The van der Waals surface area contributed by atoms with Crippen molar-refractivity contribution in [2.24, 2.45) is 0 Å². The lowest BCUT2D eigenvalue weighted by molar-refractivity contribution is -0.157. The number of ether oxygens (including phenoxy) is 1. The van der Waals surface area contributed by atoms with Gasteiger partial charge in [0.1, 0.15) is 5.25 Å². The predicted octanol–water partition coefficient (Wildman–Crippen LogP) is -1.52. The van der Waals surface area contributed by atoms with Crippen molar-refractivity contribution in [1.82, 2.24) is 0 Å². The average Bonchev–Trinajstić information content (AvgIpc) is 2.01. The third kappa shape index (κ3) is 2.41. The van der Waals surface area contributed by atoms with Gasteiger partial charge < -0.3 is 14.9 Å². The lowest BCUT2D eigenvalue weighted by Crippen LogP contribution is -2.47. The Bertz CT molecular complexity index is 321. The number of hydrogen-bond donors (Lipinski definition) is 3. The van der Waals surface area contributed by atoms with E-state index in [1.54, 1.807) is 0 Å². The van der Waals surface area contributed by atoms with Gasteiger partial charge in [0.05, 0.1) is 12.7 Å². The molecule has 0 amide bonds. The van der Waals surface area contributed by atoms with Gasteiger partial charge in [-0.15, -0.1) is 0 Å². The zero-order chi connectivity index (χ0) is 10.9. The Morgan fingerprint density at radius 1 is 1.43 bits per heavy atom. The number of hydrogen-bond acceptors (Lipinski definition) is 5. The van der Waals surface area contributed by atoms with Crippen molar-refractivity contribution in [3.05, 3.63) is 0 Å². The highest BCUT2D eigenvalue weighted by Crippen LogP contribution is 2.19. The van der Waals surface area contributed by atoms with Crippen molar-refractivity contribution in [1.29, 1.82) is 0 Å². The van der Waals surface area contributed by atoms with E-state index in [1.165, 1.54) is 0 Å². The third-order valence-corrected chi connectivity index (χ3v) is 3.22. The highest BCUT2D eigenvalue weighted by Gasteiger charge is 2.40. The van der Waals surface area contributed by atoms with E-state index in [-0.39, 0.29) is 6.42 Å². The van der Waals surface area contributed by atoms with Crippen LogP contribution in [0.2, 0.25) is 0 Å². The van der Waals surface area contributed by atoms with Crippen LogP contribution >= 0.6 is 0 Å². The van der Waals surface area contributed by atoms with E-state index in [2.05, 4.69) is 4.74 Å². The summed E-state index contributed by atoms with van der Waals surface area (Å²) in [5.74, 6) is -1.27. The Labute approximate surface area is 80.1 Å². The number of rotatable bonds is 2. The van der Waals surface area contributed by atoms with Gasteiger partial charge in [0, 0.05) is 6.42 Å². The van der Waals surface area contributed by atoms with Crippen molar-refractivity contribution in [2.45, 2.75) is 23.9 Å². The maximum atomic E-state index is 10.6. The molecule has 1 rings (SSSR count). The average molecular weight is 226 g/mol. The maximum Gasteiger partial charge on any atom is 0.332 e. The second-order valence-corrected chi connectivity index (χ2v) is 4.65. The maximum absolute atomic E-state index is 10.6. The molecule has 1 aliphatic rings. The van der Waals surface area contributed by atoms with Crippen LogP contribution in [0.3, 0.4) is 0 Å². The normalized spacial score (nSPS) is 34.0. The first-order valence-corrected chi connectivity index (χ1v) is 5.31. The van der Waals surface area contributed by atoms with Crippen molar-refractivity contribution < 1.29 is 32.7 Å². The van der Waals surface area contributed by atoms with Crippen molar-refractivity contribution in [2.75, 3.05) is 6.61 Å². The Balaban J connectivity index is 2.70. The molecule has 1 fully saturated rings. The summed E-state index contributed by atoms with van der Waals surface area (Å²) in [7, 11) is -4.39. The first-order chi connectivity index (χ1) is 6.32. The van der Waals surface area contributed by atoms with E-state index < -0.39 is 40.2 Å². The monoisotopic (exact) mass is 226 g/mol. The summed E-state index contributed by atoms with van der Waals surface area (Å²) in [5.41, 5.74) is 0. The van der Waals surface area contributed by atoms with E-state index in [4.69, 9.17) is 9.66 Å². The fourth-order valence-corrected chi connectivity index (χ4v) is 1.98. The SMILES string of the molecule is O=C(O)C1C[C@H](O)C(S(=O)(=O)O)CO1. The molecule has 0 aromatic heterocycles. The van der Waals surface area contributed by atoms with E-state index in [9.17, 15) is 18.3 Å². The Kier molecular flexibility index (Phi) is 3.10. The molecule has 1 heterocycles. The summed E-state index contributed by atoms with van der Waals surface area (Å²) >= 11 is 0. The Morgan fingerprint density at radius 2 is 2.00 bits per heavy atom. The second-order valence-electron chi connectivity index (χ2n) is 3.02. The number of carboxylic acid groups (broad SMARTS) is 1. The number of aliphatic carboxylic acids is 1. The van der Waals surface area contributed by atoms with Gasteiger partial charge in [0.2, 0.25) is 0 Å². The molecule has 82 valence electrons. The number of aliphatic hydroxyl groups is 1. The molecule has 0 bridgehead atoms. The molecule has 7 nitrogen and oxygen atoms in total. The van der Waals surface area contributed by atoms with Gasteiger partial charge in [0.15, 0.2) is 6.10 Å². The van der Waals surface area contributed by atoms with Gasteiger partial charge in [-0.05, 0) is 0 Å². The summed E-state index contributed by atoms with van der Waals surface area (Å²) in [6.45, 7) is -0.517. The summed E-state index contributed by atoms with van der Waals surface area (Å²) < 4.78 is 34.6. The minimum atomic E-state index is -4.39. The van der Waals surface area contributed by atoms with Crippen molar-refractivity contribution in [3.63, 3.8) is 0 Å². The first kappa shape index (κ1) is 11.4. The molecule has 0 radical (unpaired) electrons. The van der Waals surface area contributed by atoms with Gasteiger partial charge in [-0.3, -0.25) is 4.55 Å². The van der Waals surface area contributed by atoms with Crippen LogP contribution in [-0.2, 0) is 19.6 Å². The van der Waals surface area contributed by atoms with Crippen LogP contribution in [-0.4, -0.2) is 53.2 Å². The predicted molar refractivity (Wildman–Crippen MR) is 43.3 cm³/mol. The lowest BCUT2D eigenvalue weighted by Gasteiger charge is -2.29. The minimum absolute atomic E-state index is 0.347. The Hall–Kier alpha value is -0.700. The van der Waals surface area contributed by atoms with Gasteiger partial charge in [0.25, 0.3) is 10.1 Å². The summed E-state index contributed by atoms with van der Waals surface area (Å²) in [4.78, 5) is 10.4. The highest BCUT2D eigenvalue weighted by atomic mass is 32.2. The fourth-order valence-electron chi connectivity index (χ4n) is 1.22. The summed E-state index contributed by atoms with van der Waals surface area (Å²) in [5, 5.41) is 16.3. The smallest absolute Gasteiger partial charge is 0.332 e. The number of carboxylic acids is 1. The summed E-state index contributed by atoms with van der Waals surface area (Å²) in [6.07, 6.45) is -2.98. The minimum Gasteiger partial charge on any atom is -0.479 e. The quantitative estimate of drug-likeness (QED) is 0.489. The largest absolute Gasteiger partial charge is 0.479 e. The fraction of sp³-hybridized carbons (Fsp3) is 0.833. The van der Waals surface area contributed by atoms with Gasteiger partial charge >= 0.3 is 5.97 Å². The molecule has 1 aliphatic heterocycles. The molecule has 0 aliphatic carbocycles. The zero-order valence-electron chi connectivity index (χ0n) is 7.03. The molecule has 0 saturated carbocycles. The van der Waals surface area contributed by atoms with Gasteiger partial charge in [-0.1, -0.05) is 0 Å². The van der Waals surface area contributed by atoms with Crippen LogP contribution in [0.5, 0.6) is 0 Å². The van der Waals surface area contributed by atoms with E-state index >= 15 is 0 Å². The van der Waals surface area contributed by atoms with Crippen molar-refractivity contribution in [3.8, 4) is 0 Å². The highest BCUT2D eigenvalue weighted by molar-refractivity contribution is 7.86. The molecule has 1 saturated heterocycles. The molecule has 3 atom stereocenters. The van der Waals surface area contributed by atoms with E-state index in [1.807, 2.05) is 0 Å². The second kappa shape index (κ2) is 3.81. The Morgan fingerprint density at radius 3 is 2.36 bits per heavy atom. The standard InChI is InChI=1S/C6H10O7S/c7-3-1-4(6(8)9)13-2-5(3)14(10,11)12/h3-5,7H,1-2H2,(H,8,9)(H,10,11,12)/t3-,4?,5?/m0/s1. The first-order valence-electron chi connectivity index (χ1n) is 3.81. The molecular formula is C6H10O7S. The van der Waals surface area contributed by atoms with Crippen LogP contribution in [0, 0.1) is 0 Å². The van der Waals surface area contributed by atoms with E-state index in [0.29, 0.717) is 0 Å². The molecule has 0 aromatic carbocycles. The molecule has 2 unspecified atom stereocenters. The van der Waals surface area contributed by atoms with Crippen LogP contribution in [0.1, 0.15) is 6.42 Å². The topological polar surface area (TPSA) is 121 Å². The lowest BCUT2D eigenvalue weighted by atomic mass is 10.1. The van der Waals surface area contributed by atoms with E-state index in [0.717, 1.165) is 0 Å². The number of aliphatic hydroxyl groups excluding tert-OH is 1. The van der Waals surface area contributed by atoms with Crippen LogP contribution in [0.15, 0.2) is 0 Å². The molecule has 0 aromatic rings. The van der Waals surface area contributed by atoms with Crippen LogP contribution < -0.4 is 0 Å². The molecular weight excluding hydrogens is 216 g/mol. The van der Waals surface area contributed by atoms with Gasteiger partial charge in [-0.25, -0.2) is 4.79 Å². The van der Waals surface area contributed by atoms with Crippen LogP contribution in [0.25, 0.3) is 0 Å². The van der Waals surface area contributed by atoms with Gasteiger partial charge in [-0.2, -0.15) is 8.42 Å². The molecule has 3 N–H and O–H groups in total. The van der Waals surface area contributed by atoms with Crippen LogP contribution in [0.4, 0.5) is 0 Å².